The monoisotopic (exact) mass is 279 g/mol. The molecule has 0 unspecified atom stereocenters. The maximum atomic E-state index is 12.0. The normalized spacial score (nSPS) is 11.8. The molecule has 0 fully saturated rings. The summed E-state index contributed by atoms with van der Waals surface area (Å²) < 4.78 is 9.74. The number of nitrogens with one attached hydrogen (secondary N) is 1. The van der Waals surface area contributed by atoms with Crippen molar-refractivity contribution in [3.63, 3.8) is 0 Å². The molecule has 0 radical (unpaired) electrons. The molecule has 0 saturated heterocycles. The molecule has 0 aliphatic carbocycles. The van der Waals surface area contributed by atoms with Gasteiger partial charge in [0.15, 0.2) is 0 Å². The van der Waals surface area contributed by atoms with Gasteiger partial charge in [0.25, 0.3) is 0 Å². The quantitative estimate of drug-likeness (QED) is 0.802. The van der Waals surface area contributed by atoms with Gasteiger partial charge in [0.1, 0.15) is 11.8 Å². The van der Waals surface area contributed by atoms with Crippen LogP contribution in [-0.4, -0.2) is 32.1 Å². The summed E-state index contributed by atoms with van der Waals surface area (Å²) in [5.41, 5.74) is 0.857. The molecule has 1 amide bonds. The smallest absolute Gasteiger partial charge is 0.328 e. The van der Waals surface area contributed by atoms with Crippen molar-refractivity contribution in [2.75, 3.05) is 14.2 Å². The molecular weight excluding hydrogens is 258 g/mol. The number of rotatable bonds is 6. The van der Waals surface area contributed by atoms with Crippen LogP contribution in [-0.2, 0) is 20.7 Å². The molecule has 0 saturated carbocycles. The Hall–Kier alpha value is -2.04. The fraction of sp³-hybridized carbons (Fsp3) is 0.467. The summed E-state index contributed by atoms with van der Waals surface area (Å²) in [7, 11) is 2.90. The zero-order valence-electron chi connectivity index (χ0n) is 12.3. The Morgan fingerprint density at radius 1 is 1.15 bits per heavy atom. The largest absolute Gasteiger partial charge is 0.497 e. The molecule has 0 aliphatic rings. The van der Waals surface area contributed by atoms with Crippen LogP contribution in [0, 0.1) is 5.92 Å². The van der Waals surface area contributed by atoms with Gasteiger partial charge in [0.2, 0.25) is 5.91 Å². The lowest BCUT2D eigenvalue weighted by Gasteiger charge is -2.19. The van der Waals surface area contributed by atoms with Crippen LogP contribution in [0.5, 0.6) is 5.75 Å². The summed E-state index contributed by atoms with van der Waals surface area (Å²) in [5, 5.41) is 2.70. The first-order chi connectivity index (χ1) is 9.47. The van der Waals surface area contributed by atoms with Gasteiger partial charge >= 0.3 is 5.97 Å². The molecule has 0 aromatic heterocycles. The molecule has 0 bridgehead atoms. The topological polar surface area (TPSA) is 64.6 Å². The zero-order valence-corrected chi connectivity index (χ0v) is 12.3. The Bertz CT molecular complexity index is 453. The van der Waals surface area contributed by atoms with Crippen LogP contribution in [0.25, 0.3) is 0 Å². The average Bonchev–Trinajstić information content (AvgIpc) is 2.44. The van der Waals surface area contributed by atoms with E-state index in [-0.39, 0.29) is 18.2 Å². The van der Waals surface area contributed by atoms with Gasteiger partial charge in [-0.15, -0.1) is 0 Å². The summed E-state index contributed by atoms with van der Waals surface area (Å²) in [4.78, 5) is 23.5. The Kier molecular flexibility index (Phi) is 6.03. The van der Waals surface area contributed by atoms with Crippen LogP contribution in [0.4, 0.5) is 0 Å². The first-order valence-corrected chi connectivity index (χ1v) is 6.48. The first kappa shape index (κ1) is 16.0. The number of ether oxygens (including phenoxy) is 2. The van der Waals surface area contributed by atoms with E-state index in [0.717, 1.165) is 11.3 Å². The Labute approximate surface area is 119 Å². The Morgan fingerprint density at radius 2 is 1.75 bits per heavy atom. The van der Waals surface area contributed by atoms with Gasteiger partial charge in [-0.25, -0.2) is 4.79 Å². The van der Waals surface area contributed by atoms with Crippen molar-refractivity contribution in [2.45, 2.75) is 26.3 Å². The summed E-state index contributed by atoms with van der Waals surface area (Å²) in [6.07, 6.45) is 0.213. The van der Waals surface area contributed by atoms with Crippen molar-refractivity contribution in [2.24, 2.45) is 5.92 Å². The number of carbonyl (C=O) groups excluding carboxylic acids is 2. The van der Waals surface area contributed by atoms with E-state index in [1.807, 2.05) is 26.0 Å². The lowest BCUT2D eigenvalue weighted by atomic mass is 10.0. The second kappa shape index (κ2) is 7.53. The number of hydrogen-bond acceptors (Lipinski definition) is 4. The number of amides is 1. The summed E-state index contributed by atoms with van der Waals surface area (Å²) in [5.74, 6) is 0.0772. The maximum Gasteiger partial charge on any atom is 0.328 e. The van der Waals surface area contributed by atoms with Gasteiger partial charge in [-0.2, -0.15) is 0 Å². The molecule has 1 rings (SSSR count). The van der Waals surface area contributed by atoms with Crippen LogP contribution in [0.2, 0.25) is 0 Å². The zero-order chi connectivity index (χ0) is 15.1. The van der Waals surface area contributed by atoms with Crippen molar-refractivity contribution in [1.82, 2.24) is 5.32 Å². The van der Waals surface area contributed by atoms with Crippen LogP contribution in [0.1, 0.15) is 19.4 Å². The van der Waals surface area contributed by atoms with Crippen LogP contribution >= 0.6 is 0 Å². The second-order valence-corrected chi connectivity index (χ2v) is 4.84. The fourth-order valence-electron chi connectivity index (χ4n) is 1.78. The standard InChI is InChI=1S/C15H21NO4/c1-10(2)14(15(18)20-4)16-13(17)9-11-5-7-12(19-3)8-6-11/h5-8,10,14H,9H2,1-4H3,(H,16,17)/t14-/m1/s1. The van der Waals surface area contributed by atoms with Gasteiger partial charge in [0, 0.05) is 0 Å². The van der Waals surface area contributed by atoms with E-state index < -0.39 is 12.0 Å². The molecule has 0 heterocycles. The number of esters is 1. The number of methoxy groups -OCH3 is 2. The van der Waals surface area contributed by atoms with Crippen molar-refractivity contribution >= 4 is 11.9 Å². The van der Waals surface area contributed by atoms with E-state index in [9.17, 15) is 9.59 Å². The number of carbonyl (C=O) groups is 2. The molecule has 0 spiro atoms. The minimum Gasteiger partial charge on any atom is -0.497 e. The van der Waals surface area contributed by atoms with E-state index in [2.05, 4.69) is 10.1 Å². The van der Waals surface area contributed by atoms with E-state index in [1.54, 1.807) is 19.2 Å². The highest BCUT2D eigenvalue weighted by molar-refractivity contribution is 5.85. The summed E-state index contributed by atoms with van der Waals surface area (Å²) in [6.45, 7) is 3.71. The van der Waals surface area contributed by atoms with Crippen molar-refractivity contribution in [3.8, 4) is 5.75 Å². The second-order valence-electron chi connectivity index (χ2n) is 4.84. The molecule has 1 aromatic carbocycles. The molecule has 110 valence electrons. The molecule has 5 nitrogen and oxygen atoms in total. The minimum atomic E-state index is -0.620. The van der Waals surface area contributed by atoms with Gasteiger partial charge in [-0.3, -0.25) is 4.79 Å². The molecule has 1 atom stereocenters. The molecule has 0 aliphatic heterocycles. The average molecular weight is 279 g/mol. The molecule has 20 heavy (non-hydrogen) atoms. The van der Waals surface area contributed by atoms with E-state index >= 15 is 0 Å². The third kappa shape index (κ3) is 4.57. The first-order valence-electron chi connectivity index (χ1n) is 6.48. The van der Waals surface area contributed by atoms with E-state index in [0.29, 0.717) is 0 Å². The van der Waals surface area contributed by atoms with Crippen molar-refractivity contribution < 1.29 is 19.1 Å². The number of benzene rings is 1. The highest BCUT2D eigenvalue weighted by atomic mass is 16.5. The predicted octanol–water partition coefficient (Wildman–Crippen LogP) is 1.55. The highest BCUT2D eigenvalue weighted by Crippen LogP contribution is 2.12. The molecular formula is C15H21NO4. The van der Waals surface area contributed by atoms with E-state index in [1.165, 1.54) is 7.11 Å². The van der Waals surface area contributed by atoms with Crippen LogP contribution in [0.15, 0.2) is 24.3 Å². The van der Waals surface area contributed by atoms with Crippen molar-refractivity contribution in [1.29, 1.82) is 0 Å². The molecule has 1 N–H and O–H groups in total. The third-order valence-corrected chi connectivity index (χ3v) is 2.96. The van der Waals surface area contributed by atoms with Crippen LogP contribution in [0.3, 0.4) is 0 Å². The highest BCUT2D eigenvalue weighted by Gasteiger charge is 2.24. The SMILES string of the molecule is COC(=O)[C@H](NC(=O)Cc1ccc(OC)cc1)C(C)C. The minimum absolute atomic E-state index is 0.0257. The lowest BCUT2D eigenvalue weighted by Crippen LogP contribution is -2.45. The third-order valence-electron chi connectivity index (χ3n) is 2.96. The van der Waals surface area contributed by atoms with Gasteiger partial charge < -0.3 is 14.8 Å². The van der Waals surface area contributed by atoms with Crippen molar-refractivity contribution in [3.05, 3.63) is 29.8 Å². The maximum absolute atomic E-state index is 12.0. The van der Waals surface area contributed by atoms with Crippen LogP contribution < -0.4 is 10.1 Å². The van der Waals surface area contributed by atoms with Gasteiger partial charge in [0.05, 0.1) is 20.6 Å². The van der Waals surface area contributed by atoms with Gasteiger partial charge in [-0.05, 0) is 23.6 Å². The predicted molar refractivity (Wildman–Crippen MR) is 75.5 cm³/mol. The Morgan fingerprint density at radius 3 is 2.20 bits per heavy atom. The Balaban J connectivity index is 2.63. The number of hydrogen-bond donors (Lipinski definition) is 1. The molecule has 1 aromatic rings. The fourth-order valence-corrected chi connectivity index (χ4v) is 1.78. The van der Waals surface area contributed by atoms with E-state index in [4.69, 9.17) is 4.74 Å². The van der Waals surface area contributed by atoms with Gasteiger partial charge in [-0.1, -0.05) is 26.0 Å². The lowest BCUT2D eigenvalue weighted by molar-refractivity contribution is -0.146. The summed E-state index contributed by atoms with van der Waals surface area (Å²) in [6, 6.07) is 6.61. The summed E-state index contributed by atoms with van der Waals surface area (Å²) >= 11 is 0. The molecule has 5 heteroatoms.